The molecule has 0 radical (unpaired) electrons. The molecule has 5 nitrogen and oxygen atoms in total. The minimum absolute atomic E-state index is 0.688. The van der Waals surface area contributed by atoms with Crippen molar-refractivity contribution in [1.82, 2.24) is 9.97 Å². The summed E-state index contributed by atoms with van der Waals surface area (Å²) < 4.78 is 0. The molecule has 0 saturated carbocycles. The molecule has 0 unspecified atom stereocenters. The van der Waals surface area contributed by atoms with Gasteiger partial charge in [0.2, 0.25) is 0 Å². The second kappa shape index (κ2) is 6.09. The number of rotatable bonds is 2. The minimum Gasteiger partial charge on any atom is -0.387 e. The number of hydrogen-bond donors (Lipinski definition) is 1. The number of nitrogens with two attached hydrogens (primary N) is 1. The lowest BCUT2D eigenvalue weighted by atomic mass is 10.0. The predicted octanol–water partition coefficient (Wildman–Crippen LogP) is 3.83. The number of benzene rings is 2. The first kappa shape index (κ1) is 15.3. The smallest absolute Gasteiger partial charge is 0.147 e. The van der Waals surface area contributed by atoms with Gasteiger partial charge in [0.05, 0.1) is 22.9 Å². The lowest BCUT2D eigenvalue weighted by Crippen LogP contribution is -2.30. The number of piperidine rings is 1. The fourth-order valence-electron chi connectivity index (χ4n) is 3.84. The molecule has 1 fully saturated rings. The molecular weight excluding hydrogens is 322 g/mol. The highest BCUT2D eigenvalue weighted by Gasteiger charge is 2.15. The molecule has 0 atom stereocenters. The summed E-state index contributed by atoms with van der Waals surface area (Å²) in [6.45, 7) is 2.15. The monoisotopic (exact) mass is 343 g/mol. The maximum Gasteiger partial charge on any atom is 0.147 e. The van der Waals surface area contributed by atoms with Gasteiger partial charge in [0.15, 0.2) is 0 Å². The van der Waals surface area contributed by atoms with Crippen molar-refractivity contribution in [3.8, 4) is 11.1 Å². The molecule has 0 amide bonds. The summed E-state index contributed by atoms with van der Waals surface area (Å²) in [6.07, 6.45) is 6.43. The van der Waals surface area contributed by atoms with Gasteiger partial charge in [-0.05, 0) is 54.2 Å². The molecule has 2 aromatic carbocycles. The van der Waals surface area contributed by atoms with E-state index >= 15 is 0 Å². The molecule has 0 aliphatic carbocycles. The van der Waals surface area contributed by atoms with Crippen LogP contribution in [0, 0.1) is 0 Å². The molecule has 5 rings (SSSR count). The van der Waals surface area contributed by atoms with Crippen LogP contribution < -0.4 is 10.6 Å². The Labute approximate surface area is 152 Å². The van der Waals surface area contributed by atoms with Crippen molar-refractivity contribution in [2.75, 3.05) is 18.0 Å². The maximum atomic E-state index is 5.86. The van der Waals surface area contributed by atoms with Crippen molar-refractivity contribution in [3.05, 3.63) is 48.2 Å². The van der Waals surface area contributed by atoms with Crippen molar-refractivity contribution in [1.29, 1.82) is 0 Å². The van der Waals surface area contributed by atoms with Gasteiger partial charge in [0.1, 0.15) is 11.7 Å². The van der Waals surface area contributed by atoms with Crippen molar-refractivity contribution in [2.45, 2.75) is 25.7 Å². The van der Waals surface area contributed by atoms with E-state index in [-0.39, 0.29) is 0 Å². The van der Waals surface area contributed by atoms with Gasteiger partial charge in [0.25, 0.3) is 0 Å². The largest absolute Gasteiger partial charge is 0.387 e. The number of aromatic nitrogens is 2. The van der Waals surface area contributed by atoms with Crippen molar-refractivity contribution >= 4 is 28.4 Å². The third kappa shape index (κ3) is 2.69. The lowest BCUT2D eigenvalue weighted by Gasteiger charge is -2.27. The van der Waals surface area contributed by atoms with Gasteiger partial charge in [-0.15, -0.1) is 0 Å². The van der Waals surface area contributed by atoms with E-state index in [2.05, 4.69) is 45.2 Å². The predicted molar refractivity (Wildman–Crippen MR) is 106 cm³/mol. The second-order valence-electron chi connectivity index (χ2n) is 7.10. The molecule has 3 heterocycles. The van der Waals surface area contributed by atoms with Gasteiger partial charge in [-0.1, -0.05) is 18.2 Å². The zero-order valence-corrected chi connectivity index (χ0v) is 14.7. The van der Waals surface area contributed by atoms with Gasteiger partial charge in [-0.3, -0.25) is 4.98 Å². The first-order valence-corrected chi connectivity index (χ1v) is 9.24. The summed E-state index contributed by atoms with van der Waals surface area (Å²) in [5, 5.41) is 0. The SMILES string of the molecule is NC1=Nc2cc(-c3ccc4ncc(N5CCCCC5)nc4c3)ccc2C1. The Bertz CT molecular complexity index is 1020. The second-order valence-corrected chi connectivity index (χ2v) is 7.10. The topological polar surface area (TPSA) is 67.4 Å². The van der Waals surface area contributed by atoms with Crippen LogP contribution in [0.15, 0.2) is 47.6 Å². The first-order valence-electron chi connectivity index (χ1n) is 9.24. The fourth-order valence-corrected chi connectivity index (χ4v) is 3.84. The quantitative estimate of drug-likeness (QED) is 0.768. The molecule has 3 aromatic rings. The van der Waals surface area contributed by atoms with Crippen LogP contribution in [-0.4, -0.2) is 28.9 Å². The molecule has 130 valence electrons. The average Bonchev–Trinajstić information content (AvgIpc) is 3.07. The summed E-state index contributed by atoms with van der Waals surface area (Å²) in [5.41, 5.74) is 12.2. The van der Waals surface area contributed by atoms with E-state index in [4.69, 9.17) is 10.7 Å². The van der Waals surface area contributed by atoms with Gasteiger partial charge in [0, 0.05) is 19.5 Å². The Morgan fingerprint density at radius 1 is 0.885 bits per heavy atom. The summed E-state index contributed by atoms with van der Waals surface area (Å²) in [5.74, 6) is 1.67. The number of amidine groups is 1. The van der Waals surface area contributed by atoms with Crippen molar-refractivity contribution in [2.24, 2.45) is 10.7 Å². The normalized spacial score (nSPS) is 16.6. The highest BCUT2D eigenvalue weighted by Crippen LogP contribution is 2.32. The number of aliphatic imine (C=N–C) groups is 1. The fraction of sp³-hybridized carbons (Fsp3) is 0.286. The first-order chi connectivity index (χ1) is 12.8. The van der Waals surface area contributed by atoms with Gasteiger partial charge < -0.3 is 10.6 Å². The molecule has 2 N–H and O–H groups in total. The number of nitrogens with zero attached hydrogens (tertiary/aromatic N) is 4. The van der Waals surface area contributed by atoms with Crippen LogP contribution in [0.25, 0.3) is 22.2 Å². The van der Waals surface area contributed by atoms with E-state index in [1.807, 2.05) is 12.3 Å². The standard InChI is InChI=1S/C21H21N5/c22-20-12-16-5-4-14(10-18(16)24-20)15-6-7-17-19(11-15)25-21(13-23-17)26-8-2-1-3-9-26/h4-7,10-11,13H,1-3,8-9,12H2,(H2,22,24). The Kier molecular flexibility index (Phi) is 3.59. The third-order valence-electron chi connectivity index (χ3n) is 5.26. The van der Waals surface area contributed by atoms with Crippen molar-refractivity contribution in [3.63, 3.8) is 0 Å². The van der Waals surface area contributed by atoms with Gasteiger partial charge in [-0.25, -0.2) is 9.98 Å². The Morgan fingerprint density at radius 3 is 2.58 bits per heavy atom. The van der Waals surface area contributed by atoms with Crippen molar-refractivity contribution < 1.29 is 0 Å². The maximum absolute atomic E-state index is 5.86. The van der Waals surface area contributed by atoms with Crippen LogP contribution in [0.3, 0.4) is 0 Å². The highest BCUT2D eigenvalue weighted by atomic mass is 15.2. The van der Waals surface area contributed by atoms with E-state index in [9.17, 15) is 0 Å². The van der Waals surface area contributed by atoms with Crippen LogP contribution in [0.5, 0.6) is 0 Å². The van der Waals surface area contributed by atoms with E-state index in [0.29, 0.717) is 5.84 Å². The lowest BCUT2D eigenvalue weighted by molar-refractivity contribution is 0.573. The van der Waals surface area contributed by atoms with Gasteiger partial charge in [-0.2, -0.15) is 0 Å². The molecular formula is C21H21N5. The summed E-state index contributed by atoms with van der Waals surface area (Å²) in [6, 6.07) is 12.6. The van der Waals surface area contributed by atoms with Gasteiger partial charge >= 0.3 is 0 Å². The van der Waals surface area contributed by atoms with Crippen LogP contribution in [0.4, 0.5) is 11.5 Å². The zero-order valence-electron chi connectivity index (χ0n) is 14.7. The molecule has 0 spiro atoms. The number of hydrogen-bond acceptors (Lipinski definition) is 5. The number of anilines is 1. The van der Waals surface area contributed by atoms with Crippen LogP contribution >= 0.6 is 0 Å². The van der Waals surface area contributed by atoms with Crippen LogP contribution in [0.1, 0.15) is 24.8 Å². The Morgan fingerprint density at radius 2 is 1.69 bits per heavy atom. The highest BCUT2D eigenvalue weighted by molar-refractivity contribution is 5.92. The molecule has 0 bridgehead atoms. The molecule has 5 heteroatoms. The summed E-state index contributed by atoms with van der Waals surface area (Å²) in [4.78, 5) is 16.3. The van der Waals surface area contributed by atoms with Crippen LogP contribution in [-0.2, 0) is 6.42 Å². The zero-order chi connectivity index (χ0) is 17.5. The third-order valence-corrected chi connectivity index (χ3v) is 5.26. The molecule has 26 heavy (non-hydrogen) atoms. The average molecular weight is 343 g/mol. The summed E-state index contributed by atoms with van der Waals surface area (Å²) in [7, 11) is 0. The van der Waals surface area contributed by atoms with Crippen LogP contribution in [0.2, 0.25) is 0 Å². The Hall–Kier alpha value is -2.95. The molecule has 1 aromatic heterocycles. The number of fused-ring (bicyclic) bond motifs is 2. The summed E-state index contributed by atoms with van der Waals surface area (Å²) >= 11 is 0. The molecule has 1 saturated heterocycles. The molecule has 2 aliphatic heterocycles. The Balaban J connectivity index is 1.53. The van der Waals surface area contributed by atoms with E-state index in [1.54, 1.807) is 0 Å². The van der Waals surface area contributed by atoms with E-state index < -0.39 is 0 Å². The minimum atomic E-state index is 0.688. The van der Waals surface area contributed by atoms with E-state index in [1.165, 1.54) is 24.8 Å². The molecule has 2 aliphatic rings. The van der Waals surface area contributed by atoms with E-state index in [0.717, 1.165) is 53.2 Å².